The van der Waals surface area contributed by atoms with Crippen molar-refractivity contribution in [3.63, 3.8) is 0 Å². The minimum absolute atomic E-state index is 0.634. The van der Waals surface area contributed by atoms with E-state index in [1.807, 2.05) is 30.3 Å². The average molecular weight is 254 g/mol. The van der Waals surface area contributed by atoms with Gasteiger partial charge in [-0.15, -0.1) is 11.3 Å². The molecule has 1 heterocycles. The fraction of sp³-hybridized carbons (Fsp3) is 0.125. The Kier molecular flexibility index (Phi) is 3.03. The van der Waals surface area contributed by atoms with E-state index < -0.39 is 0 Å². The molecule has 0 aliphatic carbocycles. The Labute approximate surface area is 111 Å². The zero-order valence-corrected chi connectivity index (χ0v) is 11.0. The van der Waals surface area contributed by atoms with Crippen LogP contribution in [0, 0.1) is 6.92 Å². The lowest BCUT2D eigenvalue weighted by molar-refractivity contribution is 0.308. The number of ether oxygens (including phenoxy) is 1. The van der Waals surface area contributed by atoms with Crippen LogP contribution in [0.25, 0.3) is 10.1 Å². The molecule has 0 unspecified atom stereocenters. The molecule has 3 aromatic rings. The van der Waals surface area contributed by atoms with E-state index in [2.05, 4.69) is 30.5 Å². The first-order valence-corrected chi connectivity index (χ1v) is 6.86. The molecule has 0 spiro atoms. The maximum absolute atomic E-state index is 5.82. The Morgan fingerprint density at radius 3 is 2.67 bits per heavy atom. The van der Waals surface area contributed by atoms with Gasteiger partial charge in [0.1, 0.15) is 12.4 Å². The first-order valence-electron chi connectivity index (χ1n) is 5.98. The number of para-hydroxylation sites is 1. The van der Waals surface area contributed by atoms with Gasteiger partial charge in [-0.1, -0.05) is 30.3 Å². The van der Waals surface area contributed by atoms with Gasteiger partial charge in [0.05, 0.1) is 0 Å². The summed E-state index contributed by atoms with van der Waals surface area (Å²) in [5, 5.41) is 3.54. The van der Waals surface area contributed by atoms with Crippen molar-refractivity contribution in [1.82, 2.24) is 0 Å². The van der Waals surface area contributed by atoms with E-state index in [0.717, 1.165) is 5.75 Å². The van der Waals surface area contributed by atoms with Gasteiger partial charge in [0.15, 0.2) is 0 Å². The summed E-state index contributed by atoms with van der Waals surface area (Å²) in [7, 11) is 0. The minimum Gasteiger partial charge on any atom is -0.489 e. The Balaban J connectivity index is 1.87. The van der Waals surface area contributed by atoms with Crippen molar-refractivity contribution in [2.24, 2.45) is 0 Å². The van der Waals surface area contributed by atoms with Gasteiger partial charge in [-0.25, -0.2) is 0 Å². The van der Waals surface area contributed by atoms with E-state index in [0.29, 0.717) is 6.61 Å². The van der Waals surface area contributed by atoms with Crippen molar-refractivity contribution in [3.05, 3.63) is 65.0 Å². The molecule has 0 aliphatic rings. The standard InChI is InChI=1S/C16H14OS/c1-12-6-5-9-15-16(12)13(11-18-15)10-17-14-7-3-2-4-8-14/h2-9,11H,10H2,1H3. The predicted octanol–water partition coefficient (Wildman–Crippen LogP) is 4.79. The van der Waals surface area contributed by atoms with Crippen LogP contribution in [0.4, 0.5) is 0 Å². The molecule has 0 aliphatic heterocycles. The van der Waals surface area contributed by atoms with Crippen LogP contribution in [0.2, 0.25) is 0 Å². The summed E-state index contributed by atoms with van der Waals surface area (Å²) in [5.74, 6) is 0.922. The second-order valence-electron chi connectivity index (χ2n) is 4.31. The molecular weight excluding hydrogens is 240 g/mol. The summed E-state index contributed by atoms with van der Waals surface area (Å²) >= 11 is 1.78. The van der Waals surface area contributed by atoms with Crippen molar-refractivity contribution in [3.8, 4) is 5.75 Å². The van der Waals surface area contributed by atoms with Gasteiger partial charge in [-0.2, -0.15) is 0 Å². The van der Waals surface area contributed by atoms with E-state index in [4.69, 9.17) is 4.74 Å². The quantitative estimate of drug-likeness (QED) is 0.653. The molecule has 3 rings (SSSR count). The summed E-state index contributed by atoms with van der Waals surface area (Å²) < 4.78 is 7.16. The molecule has 1 aromatic heterocycles. The number of rotatable bonds is 3. The topological polar surface area (TPSA) is 9.23 Å². The molecule has 90 valence electrons. The second-order valence-corrected chi connectivity index (χ2v) is 5.22. The zero-order valence-electron chi connectivity index (χ0n) is 10.2. The maximum Gasteiger partial charge on any atom is 0.119 e. The first kappa shape index (κ1) is 11.3. The van der Waals surface area contributed by atoms with Crippen LogP contribution in [0.5, 0.6) is 5.75 Å². The summed E-state index contributed by atoms with van der Waals surface area (Å²) in [6.07, 6.45) is 0. The van der Waals surface area contributed by atoms with Gasteiger partial charge < -0.3 is 4.74 Å². The Morgan fingerprint density at radius 1 is 1.00 bits per heavy atom. The lowest BCUT2D eigenvalue weighted by atomic mass is 10.1. The molecule has 2 aromatic carbocycles. The van der Waals surface area contributed by atoms with Crippen LogP contribution in [0.3, 0.4) is 0 Å². The SMILES string of the molecule is Cc1cccc2scc(COc3ccccc3)c12. The van der Waals surface area contributed by atoms with Crippen molar-refractivity contribution in [2.75, 3.05) is 0 Å². The average Bonchev–Trinajstić information content (AvgIpc) is 2.82. The fourth-order valence-corrected chi connectivity index (χ4v) is 3.15. The van der Waals surface area contributed by atoms with Crippen molar-refractivity contribution < 1.29 is 4.74 Å². The molecule has 0 N–H and O–H groups in total. The van der Waals surface area contributed by atoms with Gasteiger partial charge in [0.25, 0.3) is 0 Å². The zero-order chi connectivity index (χ0) is 12.4. The van der Waals surface area contributed by atoms with Crippen LogP contribution in [-0.4, -0.2) is 0 Å². The molecule has 0 bridgehead atoms. The van der Waals surface area contributed by atoms with Gasteiger partial charge in [0.2, 0.25) is 0 Å². The Hall–Kier alpha value is -1.80. The van der Waals surface area contributed by atoms with Crippen LogP contribution < -0.4 is 4.74 Å². The monoisotopic (exact) mass is 254 g/mol. The highest BCUT2D eigenvalue weighted by Gasteiger charge is 2.06. The molecule has 0 fully saturated rings. The van der Waals surface area contributed by atoms with E-state index in [1.165, 1.54) is 21.2 Å². The van der Waals surface area contributed by atoms with Gasteiger partial charge in [0, 0.05) is 15.6 Å². The molecule has 18 heavy (non-hydrogen) atoms. The molecule has 0 radical (unpaired) electrons. The van der Waals surface area contributed by atoms with Crippen LogP contribution >= 0.6 is 11.3 Å². The Bertz CT molecular complexity index is 655. The van der Waals surface area contributed by atoms with E-state index in [9.17, 15) is 0 Å². The number of hydrogen-bond acceptors (Lipinski definition) is 2. The Morgan fingerprint density at radius 2 is 1.83 bits per heavy atom. The van der Waals surface area contributed by atoms with E-state index in [1.54, 1.807) is 11.3 Å². The molecule has 1 nitrogen and oxygen atoms in total. The van der Waals surface area contributed by atoms with Gasteiger partial charge >= 0.3 is 0 Å². The number of fused-ring (bicyclic) bond motifs is 1. The van der Waals surface area contributed by atoms with E-state index >= 15 is 0 Å². The van der Waals surface area contributed by atoms with Crippen LogP contribution in [0.1, 0.15) is 11.1 Å². The number of thiophene rings is 1. The maximum atomic E-state index is 5.82. The molecule has 0 saturated carbocycles. The van der Waals surface area contributed by atoms with Crippen molar-refractivity contribution in [2.45, 2.75) is 13.5 Å². The van der Waals surface area contributed by atoms with Crippen LogP contribution in [0.15, 0.2) is 53.9 Å². The lowest BCUT2D eigenvalue weighted by Gasteiger charge is -2.06. The highest BCUT2D eigenvalue weighted by Crippen LogP contribution is 2.29. The molecule has 0 saturated heterocycles. The lowest BCUT2D eigenvalue weighted by Crippen LogP contribution is -1.94. The second kappa shape index (κ2) is 4.83. The van der Waals surface area contributed by atoms with Gasteiger partial charge in [-0.05, 0) is 36.1 Å². The van der Waals surface area contributed by atoms with Crippen molar-refractivity contribution in [1.29, 1.82) is 0 Å². The fourth-order valence-electron chi connectivity index (χ4n) is 2.13. The summed E-state index contributed by atoms with van der Waals surface area (Å²) in [6.45, 7) is 2.79. The highest BCUT2D eigenvalue weighted by atomic mass is 32.1. The number of benzene rings is 2. The third-order valence-electron chi connectivity index (χ3n) is 3.02. The highest BCUT2D eigenvalue weighted by molar-refractivity contribution is 7.17. The molecule has 0 amide bonds. The van der Waals surface area contributed by atoms with Gasteiger partial charge in [-0.3, -0.25) is 0 Å². The molecular formula is C16H14OS. The summed E-state index contributed by atoms with van der Waals surface area (Å²) in [5.41, 5.74) is 2.59. The smallest absolute Gasteiger partial charge is 0.119 e. The largest absolute Gasteiger partial charge is 0.489 e. The third kappa shape index (κ3) is 2.12. The number of hydrogen-bond donors (Lipinski definition) is 0. The minimum atomic E-state index is 0.634. The first-order chi connectivity index (χ1) is 8.84. The molecule has 2 heteroatoms. The molecule has 0 atom stereocenters. The number of aryl methyl sites for hydroxylation is 1. The van der Waals surface area contributed by atoms with Crippen molar-refractivity contribution >= 4 is 21.4 Å². The summed E-state index contributed by atoms with van der Waals surface area (Å²) in [4.78, 5) is 0. The van der Waals surface area contributed by atoms with E-state index in [-0.39, 0.29) is 0 Å². The summed E-state index contributed by atoms with van der Waals surface area (Å²) in [6, 6.07) is 16.4. The normalized spacial score (nSPS) is 10.7. The van der Waals surface area contributed by atoms with Crippen LogP contribution in [-0.2, 0) is 6.61 Å². The predicted molar refractivity (Wildman–Crippen MR) is 77.3 cm³/mol. The third-order valence-corrected chi connectivity index (χ3v) is 4.02.